The van der Waals surface area contributed by atoms with Crippen LogP contribution in [-0.4, -0.2) is 18.5 Å². The molecule has 1 aromatic rings. The van der Waals surface area contributed by atoms with Crippen LogP contribution in [0.5, 0.6) is 0 Å². The van der Waals surface area contributed by atoms with Gasteiger partial charge < -0.3 is 11.1 Å². The third-order valence-electron chi connectivity index (χ3n) is 4.53. The summed E-state index contributed by atoms with van der Waals surface area (Å²) in [6.45, 7) is 5.29. The zero-order valence-electron chi connectivity index (χ0n) is 13.7. The summed E-state index contributed by atoms with van der Waals surface area (Å²) < 4.78 is 0. The van der Waals surface area contributed by atoms with E-state index in [1.807, 2.05) is 30.3 Å². The summed E-state index contributed by atoms with van der Waals surface area (Å²) in [7, 11) is 0. The second-order valence-electron chi connectivity index (χ2n) is 6.97. The average Bonchev–Trinajstić information content (AvgIpc) is 2.42. The van der Waals surface area contributed by atoms with E-state index >= 15 is 0 Å². The largest absolute Gasteiger partial charge is 0.354 e. The number of amides is 1. The summed E-state index contributed by atoms with van der Waals surface area (Å²) in [5, 5.41) is 3.09. The van der Waals surface area contributed by atoms with E-state index in [0.717, 1.165) is 12.1 Å². The summed E-state index contributed by atoms with van der Waals surface area (Å²) in [6.07, 6.45) is 5.56. The normalized spacial score (nSPS) is 17.3. The van der Waals surface area contributed by atoms with Crippen LogP contribution in [0.3, 0.4) is 0 Å². The van der Waals surface area contributed by atoms with Crippen molar-refractivity contribution in [3.63, 3.8) is 0 Å². The zero-order chi connectivity index (χ0) is 15.3. The van der Waals surface area contributed by atoms with Crippen LogP contribution in [0.1, 0.15) is 45.1 Å². The molecule has 1 amide bonds. The number of carbonyl (C=O) groups is 1. The molecule has 1 aromatic carbocycles. The first-order chi connectivity index (χ1) is 10.0. The van der Waals surface area contributed by atoms with E-state index < -0.39 is 6.04 Å². The molecule has 2 rings (SSSR count). The highest BCUT2D eigenvalue weighted by molar-refractivity contribution is 5.85. The van der Waals surface area contributed by atoms with Gasteiger partial charge in [0.25, 0.3) is 0 Å². The number of benzene rings is 1. The average molecular weight is 325 g/mol. The zero-order valence-corrected chi connectivity index (χ0v) is 14.5. The van der Waals surface area contributed by atoms with Crippen LogP contribution < -0.4 is 11.1 Å². The number of nitrogens with one attached hydrogen (secondary N) is 1. The van der Waals surface area contributed by atoms with Crippen LogP contribution in [0.25, 0.3) is 0 Å². The van der Waals surface area contributed by atoms with E-state index in [-0.39, 0.29) is 18.3 Å². The summed E-state index contributed by atoms with van der Waals surface area (Å²) in [5.41, 5.74) is 7.47. The molecule has 1 atom stereocenters. The topological polar surface area (TPSA) is 55.1 Å². The minimum atomic E-state index is -0.455. The molecule has 0 bridgehead atoms. The lowest BCUT2D eigenvalue weighted by Gasteiger charge is -2.43. The van der Waals surface area contributed by atoms with Crippen LogP contribution in [0.4, 0.5) is 0 Å². The van der Waals surface area contributed by atoms with E-state index in [4.69, 9.17) is 5.73 Å². The minimum absolute atomic E-state index is 0. The first kappa shape index (κ1) is 19.0. The van der Waals surface area contributed by atoms with Crippen LogP contribution in [-0.2, 0) is 11.2 Å². The van der Waals surface area contributed by atoms with Gasteiger partial charge in [-0.25, -0.2) is 0 Å². The Bertz CT molecular complexity index is 457. The molecule has 3 N–H and O–H groups in total. The molecule has 0 aromatic heterocycles. The fraction of sp³-hybridized carbons (Fsp3) is 0.611. The summed E-state index contributed by atoms with van der Waals surface area (Å²) in [6, 6.07) is 9.50. The van der Waals surface area contributed by atoms with Gasteiger partial charge in [-0.1, -0.05) is 50.6 Å². The molecule has 0 saturated heterocycles. The van der Waals surface area contributed by atoms with Crippen LogP contribution >= 0.6 is 12.4 Å². The van der Waals surface area contributed by atoms with E-state index in [0.29, 0.717) is 17.8 Å². The smallest absolute Gasteiger partial charge is 0.237 e. The van der Waals surface area contributed by atoms with Gasteiger partial charge in [0.05, 0.1) is 6.04 Å². The lowest BCUT2D eigenvalue weighted by molar-refractivity contribution is -0.123. The first-order valence-corrected chi connectivity index (χ1v) is 8.08. The summed E-state index contributed by atoms with van der Waals surface area (Å²) >= 11 is 0. The van der Waals surface area contributed by atoms with Gasteiger partial charge in [-0.15, -0.1) is 12.4 Å². The molecule has 22 heavy (non-hydrogen) atoms. The third-order valence-corrected chi connectivity index (χ3v) is 4.53. The van der Waals surface area contributed by atoms with Gasteiger partial charge in [-0.3, -0.25) is 4.79 Å². The van der Waals surface area contributed by atoms with Gasteiger partial charge in [-0.05, 0) is 42.6 Å². The number of halogens is 1. The fourth-order valence-electron chi connectivity index (χ4n) is 3.36. The van der Waals surface area contributed by atoms with Crippen molar-refractivity contribution in [2.75, 3.05) is 6.54 Å². The Morgan fingerprint density at radius 2 is 1.91 bits per heavy atom. The Morgan fingerprint density at radius 3 is 2.41 bits per heavy atom. The quantitative estimate of drug-likeness (QED) is 0.808. The third kappa shape index (κ3) is 5.29. The number of nitrogens with two attached hydrogens (primary N) is 1. The van der Waals surface area contributed by atoms with E-state index in [2.05, 4.69) is 19.2 Å². The maximum absolute atomic E-state index is 12.2. The molecular formula is C18H29ClN2O. The van der Waals surface area contributed by atoms with E-state index in [1.54, 1.807) is 0 Å². The predicted molar refractivity (Wildman–Crippen MR) is 94.1 cm³/mol. The molecule has 1 saturated carbocycles. The van der Waals surface area contributed by atoms with Crippen LogP contribution in [0, 0.1) is 11.3 Å². The molecule has 124 valence electrons. The number of hydrogen-bond donors (Lipinski definition) is 2. The lowest BCUT2D eigenvalue weighted by Crippen LogP contribution is -2.48. The SMILES string of the molecule is CC(C)CC1(CNC(=O)[C@@H](N)Cc2ccccc2)CCC1.Cl. The van der Waals surface area contributed by atoms with Crippen molar-refractivity contribution >= 4 is 18.3 Å². The molecule has 0 aliphatic heterocycles. The Balaban J connectivity index is 0.00000242. The molecule has 1 aliphatic rings. The van der Waals surface area contributed by atoms with Crippen molar-refractivity contribution in [3.8, 4) is 0 Å². The Kier molecular flexibility index (Phi) is 7.37. The van der Waals surface area contributed by atoms with E-state index in [9.17, 15) is 4.79 Å². The molecule has 0 spiro atoms. The van der Waals surface area contributed by atoms with Crippen molar-refractivity contribution in [1.82, 2.24) is 5.32 Å². The second kappa shape index (κ2) is 8.54. The highest BCUT2D eigenvalue weighted by Gasteiger charge is 2.37. The monoisotopic (exact) mass is 324 g/mol. The second-order valence-corrected chi connectivity index (χ2v) is 6.97. The van der Waals surface area contributed by atoms with Crippen LogP contribution in [0.2, 0.25) is 0 Å². The summed E-state index contributed by atoms with van der Waals surface area (Å²) in [5.74, 6) is 0.661. The lowest BCUT2D eigenvalue weighted by atomic mass is 9.64. The maximum atomic E-state index is 12.2. The minimum Gasteiger partial charge on any atom is -0.354 e. The van der Waals surface area contributed by atoms with Crippen LogP contribution in [0.15, 0.2) is 30.3 Å². The molecule has 0 unspecified atom stereocenters. The maximum Gasteiger partial charge on any atom is 0.237 e. The predicted octanol–water partition coefficient (Wildman–Crippen LogP) is 3.31. The van der Waals surface area contributed by atoms with Gasteiger partial charge in [0.1, 0.15) is 0 Å². The highest BCUT2D eigenvalue weighted by Crippen LogP contribution is 2.45. The first-order valence-electron chi connectivity index (χ1n) is 8.08. The highest BCUT2D eigenvalue weighted by atomic mass is 35.5. The van der Waals surface area contributed by atoms with Gasteiger partial charge >= 0.3 is 0 Å². The molecular weight excluding hydrogens is 296 g/mol. The molecule has 0 radical (unpaired) electrons. The van der Waals surface area contributed by atoms with E-state index in [1.165, 1.54) is 25.7 Å². The number of hydrogen-bond acceptors (Lipinski definition) is 2. The van der Waals surface area contributed by atoms with Gasteiger partial charge in [0, 0.05) is 6.54 Å². The molecule has 3 nitrogen and oxygen atoms in total. The van der Waals surface area contributed by atoms with Crippen molar-refractivity contribution in [1.29, 1.82) is 0 Å². The molecule has 4 heteroatoms. The Labute approximate surface area is 140 Å². The van der Waals surface area contributed by atoms with Gasteiger partial charge in [0.2, 0.25) is 5.91 Å². The van der Waals surface area contributed by atoms with Gasteiger partial charge in [-0.2, -0.15) is 0 Å². The molecule has 0 heterocycles. The Morgan fingerprint density at radius 1 is 1.27 bits per heavy atom. The number of carbonyl (C=O) groups excluding carboxylic acids is 1. The van der Waals surface area contributed by atoms with Crippen molar-refractivity contribution < 1.29 is 4.79 Å². The molecule has 1 aliphatic carbocycles. The Hall–Kier alpha value is -1.06. The van der Waals surface area contributed by atoms with Gasteiger partial charge in [0.15, 0.2) is 0 Å². The van der Waals surface area contributed by atoms with Crippen molar-refractivity contribution in [2.45, 2.75) is 52.0 Å². The standard InChI is InChI=1S/C18H28N2O.ClH/c1-14(2)12-18(9-6-10-18)13-20-17(21)16(19)11-15-7-4-3-5-8-15;/h3-5,7-8,14,16H,6,9-13,19H2,1-2H3,(H,20,21);1H/t16-;/m0./s1. The van der Waals surface area contributed by atoms with Crippen molar-refractivity contribution in [2.24, 2.45) is 17.1 Å². The molecule has 1 fully saturated rings. The summed E-state index contributed by atoms with van der Waals surface area (Å²) in [4.78, 5) is 12.2. The van der Waals surface area contributed by atoms with Crippen molar-refractivity contribution in [3.05, 3.63) is 35.9 Å². The number of rotatable bonds is 7. The fourth-order valence-corrected chi connectivity index (χ4v) is 3.36.